The van der Waals surface area contributed by atoms with E-state index in [1.54, 1.807) is 33.8 Å². The first-order chi connectivity index (χ1) is 25.8. The van der Waals surface area contributed by atoms with E-state index in [2.05, 4.69) is 63.4 Å². The molecule has 6 heterocycles. The Morgan fingerprint density at radius 3 is 1.93 bits per heavy atom. The molecule has 0 radical (unpaired) electrons. The summed E-state index contributed by atoms with van der Waals surface area (Å²) in [6, 6.07) is 4.25. The normalized spacial score (nSPS) is 20.9. The average molecular weight is 777 g/mol. The summed E-state index contributed by atoms with van der Waals surface area (Å²) in [5.74, 6) is 7.88. The fourth-order valence-electron chi connectivity index (χ4n) is 7.20. The summed E-state index contributed by atoms with van der Waals surface area (Å²) in [4.78, 5) is 75.1. The predicted octanol–water partition coefficient (Wildman–Crippen LogP) is 6.06. The first kappa shape index (κ1) is 38.8. The topological polar surface area (TPSA) is 175 Å². The molecule has 0 spiro atoms. The number of imidazole rings is 2. The minimum Gasteiger partial charge on any atom is -0.453 e. The summed E-state index contributed by atoms with van der Waals surface area (Å²) in [6.45, 7) is 13.0. The van der Waals surface area contributed by atoms with Crippen molar-refractivity contribution < 1.29 is 28.7 Å². The van der Waals surface area contributed by atoms with Crippen LogP contribution in [0, 0.1) is 35.5 Å². The van der Waals surface area contributed by atoms with Gasteiger partial charge >= 0.3 is 12.2 Å². The molecule has 4 aromatic rings. The number of H-pyrrole nitrogens is 2. The number of fused-ring (bicyclic) bond motifs is 1. The number of rotatable bonds is 9. The molecule has 54 heavy (non-hydrogen) atoms. The van der Waals surface area contributed by atoms with Gasteiger partial charge in [-0.15, -0.1) is 22.7 Å². The van der Waals surface area contributed by atoms with E-state index in [0.29, 0.717) is 24.6 Å². The number of alkyl carbamates (subject to hydrolysis) is 2. The van der Waals surface area contributed by atoms with Crippen molar-refractivity contribution >= 4 is 57.0 Å². The highest BCUT2D eigenvalue weighted by Gasteiger charge is 2.41. The van der Waals surface area contributed by atoms with E-state index >= 15 is 0 Å². The van der Waals surface area contributed by atoms with Crippen molar-refractivity contribution in [2.24, 2.45) is 23.7 Å². The molecule has 2 saturated heterocycles. The number of carbonyl (C=O) groups is 4. The summed E-state index contributed by atoms with van der Waals surface area (Å²) in [5, 5.41) is 5.40. The number of hydrogen-bond donors (Lipinski definition) is 4. The molecule has 4 aromatic heterocycles. The lowest BCUT2D eigenvalue weighted by atomic mass is 10.0. The van der Waals surface area contributed by atoms with Crippen molar-refractivity contribution in [1.82, 2.24) is 40.4 Å². The van der Waals surface area contributed by atoms with Crippen LogP contribution in [0.3, 0.4) is 0 Å². The molecule has 16 heteroatoms. The predicted molar refractivity (Wildman–Crippen MR) is 207 cm³/mol. The Morgan fingerprint density at radius 1 is 0.815 bits per heavy atom. The van der Waals surface area contributed by atoms with Gasteiger partial charge in [-0.05, 0) is 66.6 Å². The lowest BCUT2D eigenvalue weighted by Gasteiger charge is -2.30. The molecule has 2 aliphatic rings. The Labute approximate surface area is 322 Å². The molecule has 0 aliphatic carbocycles. The third kappa shape index (κ3) is 8.27. The Balaban J connectivity index is 1.14. The molecule has 2 fully saturated rings. The van der Waals surface area contributed by atoms with Crippen LogP contribution in [-0.2, 0) is 19.1 Å². The Morgan fingerprint density at radius 2 is 1.39 bits per heavy atom. The minimum atomic E-state index is -0.709. The van der Waals surface area contributed by atoms with Gasteiger partial charge in [0.05, 0.1) is 42.9 Å². The van der Waals surface area contributed by atoms with Crippen LogP contribution in [-0.4, -0.2) is 93.1 Å². The van der Waals surface area contributed by atoms with Gasteiger partial charge in [0, 0.05) is 22.8 Å². The lowest BCUT2D eigenvalue weighted by molar-refractivity contribution is -0.136. The average Bonchev–Trinajstić information content (AvgIpc) is 3.98. The number of aromatic nitrogens is 4. The second-order valence-corrected chi connectivity index (χ2v) is 17.1. The summed E-state index contributed by atoms with van der Waals surface area (Å²) < 4.78 is 9.53. The molecule has 288 valence electrons. The van der Waals surface area contributed by atoms with Crippen LogP contribution in [0.25, 0.3) is 20.1 Å². The van der Waals surface area contributed by atoms with Gasteiger partial charge in [-0.3, -0.25) is 9.59 Å². The molecule has 4 amide bonds. The van der Waals surface area contributed by atoms with Gasteiger partial charge in [0.1, 0.15) is 34.3 Å². The monoisotopic (exact) mass is 776 g/mol. The standard InChI is InChI=1S/C38H48N8O6S2/c1-19(2)30(42-37(49)51-7)35(47)45-17-21(5)13-26(45)32-39-16-23(40-32)9-10-24-11-12-28(53-24)29-15-25-34(54-29)44-33(41-25)27-14-22(6)18-46(27)36(48)31(20(3)4)43-38(50)52-8/h11-12,15-16,19-22,26-27,30-31H,13-14,17-18H2,1-8H3,(H,39,40)(H,41,44)(H,42,49)(H,43,50)/t21-,22-,26-,27-,30-,31-/m0/s1. The van der Waals surface area contributed by atoms with Crippen LogP contribution in [0.1, 0.15) is 88.7 Å². The fraction of sp³-hybridized carbons (Fsp3) is 0.526. The maximum absolute atomic E-state index is 13.7. The van der Waals surface area contributed by atoms with Crippen molar-refractivity contribution in [3.8, 4) is 21.6 Å². The van der Waals surface area contributed by atoms with E-state index in [-0.39, 0.29) is 47.6 Å². The number of carbonyl (C=O) groups excluding carboxylic acids is 4. The highest BCUT2D eigenvalue weighted by atomic mass is 32.1. The Bertz CT molecular complexity index is 2040. The van der Waals surface area contributed by atoms with Gasteiger partial charge < -0.3 is 39.9 Å². The van der Waals surface area contributed by atoms with Crippen molar-refractivity contribution in [2.45, 2.75) is 78.6 Å². The zero-order valence-corrected chi connectivity index (χ0v) is 33.4. The van der Waals surface area contributed by atoms with E-state index in [1.807, 2.05) is 38.7 Å². The van der Waals surface area contributed by atoms with Crippen LogP contribution < -0.4 is 10.6 Å². The molecule has 0 unspecified atom stereocenters. The van der Waals surface area contributed by atoms with E-state index < -0.39 is 24.3 Å². The number of likely N-dealkylation sites (tertiary alicyclic amines) is 2. The van der Waals surface area contributed by atoms with E-state index in [0.717, 1.165) is 43.6 Å². The quantitative estimate of drug-likeness (QED) is 0.149. The largest absolute Gasteiger partial charge is 0.453 e. The van der Waals surface area contributed by atoms with Crippen LogP contribution in [0.4, 0.5) is 9.59 Å². The number of nitrogens with one attached hydrogen (secondary N) is 4. The maximum atomic E-state index is 13.7. The number of amides is 4. The van der Waals surface area contributed by atoms with Crippen LogP contribution in [0.2, 0.25) is 0 Å². The SMILES string of the molecule is COC(=O)N[C@H](C(=O)N1C[C@@H](C)C[C@H]1c1ncc(C#Cc2ccc(-c3cc4[nH]c([C@@H]5C[C@H](C)CN5C(=O)[C@@H](NC(=O)OC)C(C)C)nc4s3)s2)[nH]1)C(C)C. The first-order valence-electron chi connectivity index (χ1n) is 18.2. The number of hydrogen-bond acceptors (Lipinski definition) is 10. The zero-order chi connectivity index (χ0) is 38.8. The smallest absolute Gasteiger partial charge is 0.407 e. The molecule has 4 N–H and O–H groups in total. The highest BCUT2D eigenvalue weighted by Crippen LogP contribution is 2.40. The zero-order valence-electron chi connectivity index (χ0n) is 31.8. The number of ether oxygens (including phenoxy) is 2. The van der Waals surface area contributed by atoms with Gasteiger partial charge in [0.15, 0.2) is 0 Å². The molecule has 0 saturated carbocycles. The molecule has 6 atom stereocenters. The molecule has 6 rings (SSSR count). The first-order valence-corrected chi connectivity index (χ1v) is 19.9. The number of nitrogens with zero attached hydrogens (tertiary/aromatic N) is 4. The second kappa shape index (κ2) is 16.2. The van der Waals surface area contributed by atoms with Crippen LogP contribution in [0.5, 0.6) is 0 Å². The van der Waals surface area contributed by atoms with Gasteiger partial charge in [-0.1, -0.05) is 41.5 Å². The molecule has 0 bridgehead atoms. The van der Waals surface area contributed by atoms with Gasteiger partial charge in [0.25, 0.3) is 0 Å². The Kier molecular flexibility index (Phi) is 11.7. The summed E-state index contributed by atoms with van der Waals surface area (Å²) in [5.41, 5.74) is 1.56. The number of thiophene rings is 2. The van der Waals surface area contributed by atoms with Crippen molar-refractivity contribution in [2.75, 3.05) is 27.3 Å². The lowest BCUT2D eigenvalue weighted by Crippen LogP contribution is -2.51. The van der Waals surface area contributed by atoms with Gasteiger partial charge in [-0.2, -0.15) is 0 Å². The highest BCUT2D eigenvalue weighted by molar-refractivity contribution is 7.26. The van der Waals surface area contributed by atoms with E-state index in [1.165, 1.54) is 14.2 Å². The number of methoxy groups -OCH3 is 2. The second-order valence-electron chi connectivity index (χ2n) is 15.0. The van der Waals surface area contributed by atoms with E-state index in [4.69, 9.17) is 14.5 Å². The molecule has 2 aliphatic heterocycles. The fourth-order valence-corrected chi connectivity index (χ4v) is 9.14. The van der Waals surface area contributed by atoms with Crippen molar-refractivity contribution in [1.29, 1.82) is 0 Å². The molecule has 0 aromatic carbocycles. The van der Waals surface area contributed by atoms with Gasteiger partial charge in [-0.25, -0.2) is 19.6 Å². The Hall–Kier alpha value is -4.88. The molecular formula is C38H48N8O6S2. The number of aromatic amines is 2. The summed E-state index contributed by atoms with van der Waals surface area (Å²) in [7, 11) is 2.57. The minimum absolute atomic E-state index is 0.112. The van der Waals surface area contributed by atoms with Crippen molar-refractivity contribution in [3.63, 3.8) is 0 Å². The van der Waals surface area contributed by atoms with E-state index in [9.17, 15) is 19.2 Å². The van der Waals surface area contributed by atoms with Crippen molar-refractivity contribution in [3.05, 3.63) is 46.6 Å². The molecule has 14 nitrogen and oxygen atoms in total. The third-order valence-electron chi connectivity index (χ3n) is 9.96. The maximum Gasteiger partial charge on any atom is 0.407 e. The summed E-state index contributed by atoms with van der Waals surface area (Å²) >= 11 is 3.17. The third-order valence-corrected chi connectivity index (χ3v) is 12.2. The molecular weight excluding hydrogens is 729 g/mol. The van der Waals surface area contributed by atoms with Gasteiger partial charge in [0.2, 0.25) is 11.8 Å². The van der Waals surface area contributed by atoms with Crippen LogP contribution in [0.15, 0.2) is 24.4 Å². The summed E-state index contributed by atoms with van der Waals surface area (Å²) in [6.07, 6.45) is 1.95. The van der Waals surface area contributed by atoms with Crippen LogP contribution >= 0.6 is 22.7 Å².